The number of hydrogen-bond acceptors (Lipinski definition) is 4. The summed E-state index contributed by atoms with van der Waals surface area (Å²) in [5.41, 5.74) is 3.06. The predicted molar refractivity (Wildman–Crippen MR) is 120 cm³/mol. The number of rotatable bonds is 4. The zero-order valence-corrected chi connectivity index (χ0v) is 18.9. The number of carbonyl (C=O) groups excluding carboxylic acids is 2. The van der Waals surface area contributed by atoms with Crippen molar-refractivity contribution in [3.63, 3.8) is 0 Å². The van der Waals surface area contributed by atoms with Gasteiger partial charge in [0.25, 0.3) is 0 Å². The number of halogens is 1. The Kier molecular flexibility index (Phi) is 5.92. The normalized spacial score (nSPS) is 21.9. The molecule has 2 atom stereocenters. The van der Waals surface area contributed by atoms with Crippen LogP contribution in [0.5, 0.6) is 0 Å². The first-order valence-electron chi connectivity index (χ1n) is 10.8. The standard InChI is InChI=1S/C22H29ClN6O2/c1-22(2)9-18-15(10-26-29(18)12-22)14-8-19(25-11-16(14)23)28-21(31)27-17-7-5-4-6-13(17)20(30)24-3/h8,10-11,13,17H,4-7,9,12H2,1-3H3,(H,24,30)(H2,25,27,28,31)/t13-,17+/m1/s1. The van der Waals surface area contributed by atoms with Gasteiger partial charge in [-0.05, 0) is 30.7 Å². The van der Waals surface area contributed by atoms with Crippen LogP contribution in [0.2, 0.25) is 5.02 Å². The fourth-order valence-electron chi connectivity index (χ4n) is 4.71. The summed E-state index contributed by atoms with van der Waals surface area (Å²) >= 11 is 6.45. The summed E-state index contributed by atoms with van der Waals surface area (Å²) < 4.78 is 2.02. The van der Waals surface area contributed by atoms with Crippen molar-refractivity contribution in [2.75, 3.05) is 12.4 Å². The SMILES string of the molecule is CNC(=O)[C@@H]1CCCC[C@@H]1NC(=O)Nc1cc(-c2cnn3c2CC(C)(C)C3)c(Cl)cn1. The van der Waals surface area contributed by atoms with Crippen LogP contribution in [-0.4, -0.2) is 39.8 Å². The maximum absolute atomic E-state index is 12.6. The van der Waals surface area contributed by atoms with Crippen molar-refractivity contribution >= 4 is 29.4 Å². The minimum absolute atomic E-state index is 0.0325. The van der Waals surface area contributed by atoms with Crippen LogP contribution in [-0.2, 0) is 17.8 Å². The van der Waals surface area contributed by atoms with Crippen molar-refractivity contribution in [3.8, 4) is 11.1 Å². The molecule has 2 aromatic rings. The fourth-order valence-corrected chi connectivity index (χ4v) is 4.92. The monoisotopic (exact) mass is 444 g/mol. The zero-order valence-electron chi connectivity index (χ0n) is 18.2. The van der Waals surface area contributed by atoms with Crippen LogP contribution in [0.3, 0.4) is 0 Å². The average molecular weight is 445 g/mol. The van der Waals surface area contributed by atoms with Gasteiger partial charge in [0.05, 0.1) is 17.1 Å². The molecule has 0 saturated heterocycles. The second-order valence-electron chi connectivity index (χ2n) is 9.26. The molecule has 2 aliphatic rings. The van der Waals surface area contributed by atoms with E-state index in [0.717, 1.165) is 55.5 Å². The Labute approximate surface area is 187 Å². The van der Waals surface area contributed by atoms with E-state index in [1.807, 2.05) is 10.9 Å². The molecular formula is C22H29ClN6O2. The third-order valence-electron chi connectivity index (χ3n) is 6.23. The molecule has 1 fully saturated rings. The Morgan fingerprint density at radius 2 is 1.97 bits per heavy atom. The highest BCUT2D eigenvalue weighted by molar-refractivity contribution is 6.33. The van der Waals surface area contributed by atoms with Gasteiger partial charge in [-0.1, -0.05) is 38.3 Å². The number of anilines is 1. The Morgan fingerprint density at radius 3 is 2.74 bits per heavy atom. The maximum Gasteiger partial charge on any atom is 0.320 e. The molecule has 0 radical (unpaired) electrons. The molecule has 0 aromatic carbocycles. The number of aromatic nitrogens is 3. The lowest BCUT2D eigenvalue weighted by Crippen LogP contribution is -2.49. The van der Waals surface area contributed by atoms with Crippen molar-refractivity contribution in [1.82, 2.24) is 25.4 Å². The minimum atomic E-state index is -0.372. The van der Waals surface area contributed by atoms with Gasteiger partial charge in [0, 0.05) is 42.7 Å². The maximum atomic E-state index is 12.6. The summed E-state index contributed by atoms with van der Waals surface area (Å²) in [5, 5.41) is 13.5. The number of fused-ring (bicyclic) bond motifs is 1. The molecule has 0 unspecified atom stereocenters. The van der Waals surface area contributed by atoms with E-state index in [1.54, 1.807) is 19.3 Å². The smallest absolute Gasteiger partial charge is 0.320 e. The van der Waals surface area contributed by atoms with Crippen LogP contribution in [0.4, 0.5) is 10.6 Å². The van der Waals surface area contributed by atoms with Crippen molar-refractivity contribution in [1.29, 1.82) is 0 Å². The Bertz CT molecular complexity index is 1000. The Balaban J connectivity index is 1.49. The van der Waals surface area contributed by atoms with E-state index in [9.17, 15) is 9.59 Å². The molecule has 3 N–H and O–H groups in total. The molecule has 1 aliphatic heterocycles. The summed E-state index contributed by atoms with van der Waals surface area (Å²) in [6, 6.07) is 1.21. The number of pyridine rings is 1. The predicted octanol–water partition coefficient (Wildman–Crippen LogP) is 3.61. The molecule has 3 heterocycles. The molecule has 1 aliphatic carbocycles. The molecule has 2 aromatic heterocycles. The van der Waals surface area contributed by atoms with Crippen molar-refractivity contribution < 1.29 is 9.59 Å². The quantitative estimate of drug-likeness (QED) is 0.670. The first-order chi connectivity index (χ1) is 14.8. The molecule has 4 rings (SSSR count). The first-order valence-corrected chi connectivity index (χ1v) is 11.1. The molecule has 9 heteroatoms. The minimum Gasteiger partial charge on any atom is -0.359 e. The number of nitrogens with zero attached hydrogens (tertiary/aromatic N) is 3. The van der Waals surface area contributed by atoms with Gasteiger partial charge in [0.15, 0.2) is 0 Å². The molecule has 8 nitrogen and oxygen atoms in total. The third-order valence-corrected chi connectivity index (χ3v) is 6.53. The first kappa shape index (κ1) is 21.6. The van der Waals surface area contributed by atoms with Gasteiger partial charge in [0.2, 0.25) is 5.91 Å². The lowest BCUT2D eigenvalue weighted by molar-refractivity contribution is -0.126. The van der Waals surface area contributed by atoms with Crippen molar-refractivity contribution in [3.05, 3.63) is 29.2 Å². The average Bonchev–Trinajstić information content (AvgIpc) is 3.24. The highest BCUT2D eigenvalue weighted by Gasteiger charge is 2.33. The summed E-state index contributed by atoms with van der Waals surface area (Å²) in [4.78, 5) is 29.1. The van der Waals surface area contributed by atoms with Crippen LogP contribution in [0.1, 0.15) is 45.2 Å². The molecule has 1 saturated carbocycles. The highest BCUT2D eigenvalue weighted by Crippen LogP contribution is 2.39. The van der Waals surface area contributed by atoms with Gasteiger partial charge in [-0.15, -0.1) is 0 Å². The van der Waals surface area contributed by atoms with E-state index in [4.69, 9.17) is 11.6 Å². The van der Waals surface area contributed by atoms with Gasteiger partial charge >= 0.3 is 6.03 Å². The van der Waals surface area contributed by atoms with Gasteiger partial charge < -0.3 is 10.6 Å². The lowest BCUT2D eigenvalue weighted by Gasteiger charge is -2.30. The van der Waals surface area contributed by atoms with Gasteiger partial charge in [-0.2, -0.15) is 5.10 Å². The third kappa shape index (κ3) is 4.54. The van der Waals surface area contributed by atoms with E-state index in [1.165, 1.54) is 0 Å². The number of hydrogen-bond donors (Lipinski definition) is 3. The van der Waals surface area contributed by atoms with Crippen LogP contribution in [0, 0.1) is 11.3 Å². The van der Waals surface area contributed by atoms with E-state index >= 15 is 0 Å². The Hall–Kier alpha value is -2.61. The largest absolute Gasteiger partial charge is 0.359 e. The molecule has 0 bridgehead atoms. The topological polar surface area (TPSA) is 101 Å². The number of urea groups is 1. The number of amides is 3. The second kappa shape index (κ2) is 8.49. The molecule has 31 heavy (non-hydrogen) atoms. The van der Waals surface area contributed by atoms with Crippen molar-refractivity contribution in [2.45, 2.75) is 58.5 Å². The summed E-state index contributed by atoms with van der Waals surface area (Å²) in [6.45, 7) is 5.30. The van der Waals surface area contributed by atoms with Crippen LogP contribution in [0.15, 0.2) is 18.5 Å². The van der Waals surface area contributed by atoms with Crippen molar-refractivity contribution in [2.24, 2.45) is 11.3 Å². The molecule has 166 valence electrons. The van der Waals surface area contributed by atoms with E-state index in [0.29, 0.717) is 10.8 Å². The van der Waals surface area contributed by atoms with E-state index < -0.39 is 0 Å². The zero-order chi connectivity index (χ0) is 22.2. The summed E-state index contributed by atoms with van der Waals surface area (Å²) in [5.74, 6) is 0.160. The highest BCUT2D eigenvalue weighted by atomic mass is 35.5. The molecular weight excluding hydrogens is 416 g/mol. The second-order valence-corrected chi connectivity index (χ2v) is 9.67. The van der Waals surface area contributed by atoms with E-state index in [2.05, 4.69) is 39.9 Å². The summed E-state index contributed by atoms with van der Waals surface area (Å²) in [6.07, 6.45) is 7.82. The fraction of sp³-hybridized carbons (Fsp3) is 0.545. The number of carbonyl (C=O) groups is 2. The van der Waals surface area contributed by atoms with Crippen LogP contribution >= 0.6 is 11.6 Å². The Morgan fingerprint density at radius 1 is 1.19 bits per heavy atom. The van der Waals surface area contributed by atoms with Gasteiger partial charge in [0.1, 0.15) is 5.82 Å². The van der Waals surface area contributed by atoms with Gasteiger partial charge in [-0.3, -0.25) is 14.8 Å². The van der Waals surface area contributed by atoms with Gasteiger partial charge in [-0.25, -0.2) is 9.78 Å². The van der Waals surface area contributed by atoms with E-state index in [-0.39, 0.29) is 29.3 Å². The number of nitrogens with one attached hydrogen (secondary N) is 3. The molecule has 0 spiro atoms. The summed E-state index contributed by atoms with van der Waals surface area (Å²) in [7, 11) is 1.63. The van der Waals surface area contributed by atoms with Crippen LogP contribution < -0.4 is 16.0 Å². The molecule has 3 amide bonds. The lowest BCUT2D eigenvalue weighted by atomic mass is 9.84. The van der Waals surface area contributed by atoms with Crippen LogP contribution in [0.25, 0.3) is 11.1 Å².